The fourth-order valence-corrected chi connectivity index (χ4v) is 1.89. The molecule has 1 heterocycles. The first-order valence-electron chi connectivity index (χ1n) is 5.52. The van der Waals surface area contributed by atoms with Crippen LogP contribution in [0.3, 0.4) is 0 Å². The molecule has 17 heavy (non-hydrogen) atoms. The summed E-state index contributed by atoms with van der Waals surface area (Å²) < 4.78 is 0. The smallest absolute Gasteiger partial charge is 0.162 e. The van der Waals surface area contributed by atoms with Gasteiger partial charge in [-0.05, 0) is 6.42 Å². The molecule has 2 rings (SSSR count). The lowest BCUT2D eigenvalue weighted by molar-refractivity contribution is -0.796. The van der Waals surface area contributed by atoms with Gasteiger partial charge in [-0.25, -0.2) is 0 Å². The number of nitrogens with one attached hydrogen (secondary N) is 1. The summed E-state index contributed by atoms with van der Waals surface area (Å²) in [7, 11) is 0. The summed E-state index contributed by atoms with van der Waals surface area (Å²) in [6.45, 7) is 2.11. The van der Waals surface area contributed by atoms with Gasteiger partial charge in [-0.15, -0.1) is 5.01 Å². The fourth-order valence-electron chi connectivity index (χ4n) is 1.89. The lowest BCUT2D eigenvalue weighted by Crippen LogP contribution is -3.00. The number of rotatable bonds is 4. The first kappa shape index (κ1) is 13.6. The van der Waals surface area contributed by atoms with E-state index in [0.717, 1.165) is 41.1 Å². The molecule has 0 spiro atoms. The van der Waals surface area contributed by atoms with Gasteiger partial charge in [-0.1, -0.05) is 30.2 Å². The van der Waals surface area contributed by atoms with Gasteiger partial charge in [0.2, 0.25) is 0 Å². The zero-order valence-electron chi connectivity index (χ0n) is 9.69. The zero-order chi connectivity index (χ0) is 11.4. The average Bonchev–Trinajstić information content (AvgIpc) is 2.74. The lowest BCUT2D eigenvalue weighted by atomic mass is 10.1. The van der Waals surface area contributed by atoms with E-state index in [0.29, 0.717) is 0 Å². The standard InChI is InChI=1S/C13H14N2O.ClH/c1-2-6-13-11(10-16)9-14-15(13)12-7-4-3-5-8-12;/h3-5,7-10H,2,6H2,1H3;1H. The van der Waals surface area contributed by atoms with E-state index in [4.69, 9.17) is 0 Å². The SMILES string of the molecule is CCCC1=C(C=O)C=N[NH+]1c1ccccc1.[Cl-]. The lowest BCUT2D eigenvalue weighted by Gasteiger charge is -2.10. The van der Waals surface area contributed by atoms with Gasteiger partial charge in [0.15, 0.2) is 17.7 Å². The largest absolute Gasteiger partial charge is 1.00 e. The highest BCUT2D eigenvalue weighted by Gasteiger charge is 2.25. The third-order valence-electron chi connectivity index (χ3n) is 2.64. The highest BCUT2D eigenvalue weighted by atomic mass is 35.5. The maximum absolute atomic E-state index is 10.9. The Morgan fingerprint density at radius 1 is 1.29 bits per heavy atom. The Kier molecular flexibility index (Phi) is 5.07. The Bertz CT molecular complexity index is 440. The quantitative estimate of drug-likeness (QED) is 0.646. The number of quaternary nitrogens is 1. The van der Waals surface area contributed by atoms with Crippen LogP contribution in [0.2, 0.25) is 0 Å². The number of benzene rings is 1. The molecular weight excluding hydrogens is 236 g/mol. The topological polar surface area (TPSA) is 33.9 Å². The molecule has 0 aliphatic carbocycles. The molecule has 4 heteroatoms. The van der Waals surface area contributed by atoms with Crippen molar-refractivity contribution in [1.29, 1.82) is 0 Å². The summed E-state index contributed by atoms with van der Waals surface area (Å²) in [6, 6.07) is 10.00. The molecule has 1 unspecified atom stereocenters. The number of para-hydroxylation sites is 1. The molecule has 0 bridgehead atoms. The van der Waals surface area contributed by atoms with Crippen molar-refractivity contribution in [3.05, 3.63) is 41.6 Å². The monoisotopic (exact) mass is 250 g/mol. The van der Waals surface area contributed by atoms with Gasteiger partial charge in [0.25, 0.3) is 0 Å². The Morgan fingerprint density at radius 2 is 2.00 bits per heavy atom. The van der Waals surface area contributed by atoms with Crippen LogP contribution in [0.15, 0.2) is 46.7 Å². The molecule has 1 aliphatic heterocycles. The van der Waals surface area contributed by atoms with Crippen LogP contribution in [0, 0.1) is 0 Å². The number of allylic oxidation sites excluding steroid dienone is 2. The molecule has 0 amide bonds. The van der Waals surface area contributed by atoms with E-state index in [2.05, 4.69) is 12.0 Å². The Hall–Kier alpha value is -1.45. The van der Waals surface area contributed by atoms with Crippen molar-refractivity contribution in [3.8, 4) is 0 Å². The fraction of sp³-hybridized carbons (Fsp3) is 0.231. The minimum absolute atomic E-state index is 0. The summed E-state index contributed by atoms with van der Waals surface area (Å²) in [5.74, 6) is 0. The highest BCUT2D eigenvalue weighted by molar-refractivity contribution is 6.02. The normalized spacial score (nSPS) is 18.1. The van der Waals surface area contributed by atoms with Gasteiger partial charge in [-0.2, -0.15) is 0 Å². The van der Waals surface area contributed by atoms with Crippen LogP contribution < -0.4 is 17.4 Å². The minimum Gasteiger partial charge on any atom is -1.00 e. The summed E-state index contributed by atoms with van der Waals surface area (Å²) in [5, 5.41) is 5.29. The van der Waals surface area contributed by atoms with Crippen LogP contribution >= 0.6 is 0 Å². The molecule has 1 aromatic carbocycles. The predicted molar refractivity (Wildman–Crippen MR) is 63.6 cm³/mol. The van der Waals surface area contributed by atoms with Crippen LogP contribution in [0.25, 0.3) is 0 Å². The van der Waals surface area contributed by atoms with Crippen molar-refractivity contribution in [2.45, 2.75) is 19.8 Å². The first-order chi connectivity index (χ1) is 7.86. The average molecular weight is 251 g/mol. The van der Waals surface area contributed by atoms with E-state index in [1.54, 1.807) is 6.21 Å². The molecule has 0 saturated heterocycles. The van der Waals surface area contributed by atoms with Gasteiger partial charge < -0.3 is 12.4 Å². The van der Waals surface area contributed by atoms with Crippen molar-refractivity contribution in [3.63, 3.8) is 0 Å². The summed E-state index contributed by atoms with van der Waals surface area (Å²) >= 11 is 0. The molecule has 90 valence electrons. The van der Waals surface area contributed by atoms with Crippen molar-refractivity contribution < 1.29 is 22.2 Å². The van der Waals surface area contributed by atoms with Crippen LogP contribution in [0.5, 0.6) is 0 Å². The van der Waals surface area contributed by atoms with Crippen LogP contribution in [-0.4, -0.2) is 12.5 Å². The van der Waals surface area contributed by atoms with E-state index in [1.807, 2.05) is 30.3 Å². The van der Waals surface area contributed by atoms with E-state index < -0.39 is 0 Å². The van der Waals surface area contributed by atoms with Crippen LogP contribution in [0.4, 0.5) is 5.69 Å². The number of hydrogen-bond donors (Lipinski definition) is 1. The Morgan fingerprint density at radius 3 is 2.59 bits per heavy atom. The van der Waals surface area contributed by atoms with Crippen molar-refractivity contribution in [2.75, 3.05) is 0 Å². The van der Waals surface area contributed by atoms with Gasteiger partial charge in [0.1, 0.15) is 0 Å². The summed E-state index contributed by atoms with van der Waals surface area (Å²) in [4.78, 5) is 10.9. The maximum atomic E-state index is 10.9. The second-order valence-corrected chi connectivity index (χ2v) is 3.77. The third-order valence-corrected chi connectivity index (χ3v) is 2.64. The summed E-state index contributed by atoms with van der Waals surface area (Å²) in [5.41, 5.74) is 2.88. The molecule has 0 aromatic heterocycles. The molecule has 3 nitrogen and oxygen atoms in total. The highest BCUT2D eigenvalue weighted by Crippen LogP contribution is 2.10. The van der Waals surface area contributed by atoms with Gasteiger partial charge >= 0.3 is 0 Å². The summed E-state index contributed by atoms with van der Waals surface area (Å²) in [6.07, 6.45) is 4.48. The number of aldehydes is 1. The second kappa shape index (κ2) is 6.33. The number of nitrogens with zero attached hydrogens (tertiary/aromatic N) is 1. The molecule has 1 N–H and O–H groups in total. The number of halogens is 1. The van der Waals surface area contributed by atoms with Crippen LogP contribution in [-0.2, 0) is 4.79 Å². The van der Waals surface area contributed by atoms with Gasteiger partial charge in [0.05, 0.1) is 11.8 Å². The first-order valence-corrected chi connectivity index (χ1v) is 5.52. The molecule has 0 saturated carbocycles. The molecule has 1 aromatic rings. The second-order valence-electron chi connectivity index (χ2n) is 3.77. The van der Waals surface area contributed by atoms with Crippen molar-refractivity contribution in [1.82, 2.24) is 0 Å². The number of carbonyl (C=O) groups is 1. The minimum atomic E-state index is 0. The van der Waals surface area contributed by atoms with Crippen LogP contribution in [0.1, 0.15) is 19.8 Å². The zero-order valence-corrected chi connectivity index (χ0v) is 10.4. The molecule has 1 aliphatic rings. The molecule has 0 radical (unpaired) electrons. The van der Waals surface area contributed by atoms with E-state index >= 15 is 0 Å². The van der Waals surface area contributed by atoms with Gasteiger partial charge in [0, 0.05) is 18.6 Å². The number of carbonyl (C=O) groups excluding carboxylic acids is 1. The molecule has 1 atom stereocenters. The predicted octanol–water partition coefficient (Wildman–Crippen LogP) is -1.54. The Labute approximate surface area is 107 Å². The maximum Gasteiger partial charge on any atom is 0.162 e. The van der Waals surface area contributed by atoms with E-state index in [1.165, 1.54) is 0 Å². The van der Waals surface area contributed by atoms with Crippen molar-refractivity contribution in [2.24, 2.45) is 5.10 Å². The van der Waals surface area contributed by atoms with E-state index in [9.17, 15) is 4.79 Å². The molecule has 0 fully saturated rings. The van der Waals surface area contributed by atoms with Crippen molar-refractivity contribution >= 4 is 18.2 Å². The number of hydrogen-bond acceptors (Lipinski definition) is 2. The van der Waals surface area contributed by atoms with E-state index in [-0.39, 0.29) is 12.4 Å². The third kappa shape index (κ3) is 2.81. The molecular formula is C13H15ClN2O. The van der Waals surface area contributed by atoms with Gasteiger partial charge in [-0.3, -0.25) is 4.79 Å². The Balaban J connectivity index is 0.00000144.